The number of rotatable bonds is 11. The summed E-state index contributed by atoms with van der Waals surface area (Å²) in [6, 6.07) is 10.2. The van der Waals surface area contributed by atoms with Crippen molar-refractivity contribution in [3.05, 3.63) is 52.8 Å². The van der Waals surface area contributed by atoms with E-state index in [0.717, 1.165) is 52.4 Å². The summed E-state index contributed by atoms with van der Waals surface area (Å²) in [5.74, 6) is 0.296. The van der Waals surface area contributed by atoms with Crippen molar-refractivity contribution >= 4 is 34.1 Å². The van der Waals surface area contributed by atoms with Gasteiger partial charge in [-0.3, -0.25) is 9.48 Å². The maximum Gasteiger partial charge on any atom is 0.230 e. The Morgan fingerprint density at radius 1 is 1.20 bits per heavy atom. The smallest absolute Gasteiger partial charge is 0.230 e. The molecule has 7 nitrogen and oxygen atoms in total. The lowest BCUT2D eigenvalue weighted by atomic mass is 10.2. The minimum absolute atomic E-state index is 0.0229. The summed E-state index contributed by atoms with van der Waals surface area (Å²) >= 11 is 2.90. The zero-order chi connectivity index (χ0) is 21.3. The van der Waals surface area contributed by atoms with Gasteiger partial charge >= 0.3 is 0 Å². The van der Waals surface area contributed by atoms with E-state index < -0.39 is 0 Å². The lowest BCUT2D eigenvalue weighted by Gasteiger charge is -2.07. The number of unbranched alkanes of at least 4 members (excludes halogenated alkanes) is 1. The van der Waals surface area contributed by atoms with Gasteiger partial charge in [-0.05, 0) is 25.8 Å². The highest BCUT2D eigenvalue weighted by atomic mass is 32.2. The van der Waals surface area contributed by atoms with Crippen molar-refractivity contribution in [2.24, 2.45) is 0 Å². The molecule has 0 bridgehead atoms. The van der Waals surface area contributed by atoms with Crippen LogP contribution in [0, 0.1) is 13.8 Å². The average Bonchev–Trinajstić information content (AvgIpc) is 3.30. The van der Waals surface area contributed by atoms with Crippen LogP contribution >= 0.6 is 23.1 Å². The molecule has 2 heterocycles. The number of hydrogen-bond donors (Lipinski definition) is 2. The maximum atomic E-state index is 12.3. The Morgan fingerprint density at radius 2 is 2.00 bits per heavy atom. The van der Waals surface area contributed by atoms with E-state index in [4.69, 9.17) is 0 Å². The van der Waals surface area contributed by atoms with Crippen molar-refractivity contribution in [2.45, 2.75) is 51.0 Å². The number of nitrogens with zero attached hydrogens (tertiary/aromatic N) is 4. The first-order valence-corrected chi connectivity index (χ1v) is 11.9. The number of aromatic nitrogens is 4. The highest BCUT2D eigenvalue weighted by molar-refractivity contribution is 8.01. The zero-order valence-electron chi connectivity index (χ0n) is 17.6. The molecule has 1 amide bonds. The Hall–Kier alpha value is -2.39. The van der Waals surface area contributed by atoms with Crippen molar-refractivity contribution in [2.75, 3.05) is 17.6 Å². The van der Waals surface area contributed by atoms with Crippen LogP contribution in [-0.4, -0.2) is 38.2 Å². The molecule has 3 rings (SSSR count). The molecular formula is C21H28N6OS2. The maximum absolute atomic E-state index is 12.3. The first-order valence-electron chi connectivity index (χ1n) is 10.1. The fraction of sp³-hybridized carbons (Fsp3) is 0.429. The van der Waals surface area contributed by atoms with Crippen LogP contribution in [-0.2, 0) is 17.9 Å². The van der Waals surface area contributed by atoms with Crippen LogP contribution in [0.4, 0.5) is 5.13 Å². The topological polar surface area (TPSA) is 84.7 Å². The predicted octanol–water partition coefficient (Wildman–Crippen LogP) is 4.02. The Balaban J connectivity index is 1.48. The van der Waals surface area contributed by atoms with Gasteiger partial charge in [0.25, 0.3) is 0 Å². The minimum Gasteiger partial charge on any atom is -0.360 e. The molecule has 0 fully saturated rings. The first-order chi connectivity index (χ1) is 14.6. The average molecular weight is 445 g/mol. The normalized spacial score (nSPS) is 10.9. The largest absolute Gasteiger partial charge is 0.360 e. The van der Waals surface area contributed by atoms with E-state index in [2.05, 4.69) is 45.0 Å². The van der Waals surface area contributed by atoms with E-state index >= 15 is 0 Å². The molecule has 0 aliphatic rings. The Morgan fingerprint density at radius 3 is 2.77 bits per heavy atom. The number of carbonyl (C=O) groups is 1. The van der Waals surface area contributed by atoms with E-state index in [1.54, 1.807) is 0 Å². The summed E-state index contributed by atoms with van der Waals surface area (Å²) in [6.07, 6.45) is 2.24. The number of aryl methyl sites for hydroxylation is 1. The van der Waals surface area contributed by atoms with Crippen molar-refractivity contribution in [1.82, 2.24) is 25.3 Å². The van der Waals surface area contributed by atoms with E-state index in [9.17, 15) is 4.79 Å². The highest BCUT2D eigenvalue weighted by Gasteiger charge is 2.14. The molecule has 2 N–H and O–H groups in total. The molecule has 1 aromatic carbocycles. The van der Waals surface area contributed by atoms with Gasteiger partial charge in [-0.2, -0.15) is 5.10 Å². The molecule has 0 aliphatic carbocycles. The van der Waals surface area contributed by atoms with Crippen LogP contribution in [0.3, 0.4) is 0 Å². The van der Waals surface area contributed by atoms with Crippen molar-refractivity contribution < 1.29 is 4.79 Å². The summed E-state index contributed by atoms with van der Waals surface area (Å²) < 4.78 is 2.79. The van der Waals surface area contributed by atoms with Crippen LogP contribution in [0.5, 0.6) is 0 Å². The number of thioether (sulfide) groups is 1. The van der Waals surface area contributed by atoms with E-state index in [-0.39, 0.29) is 5.91 Å². The Kier molecular flexibility index (Phi) is 8.27. The third-order valence-corrected chi connectivity index (χ3v) is 6.72. The number of anilines is 1. The van der Waals surface area contributed by atoms with Crippen LogP contribution < -0.4 is 10.6 Å². The second kappa shape index (κ2) is 11.1. The van der Waals surface area contributed by atoms with Gasteiger partial charge < -0.3 is 10.6 Å². The summed E-state index contributed by atoms with van der Waals surface area (Å²) in [5, 5.41) is 20.0. The van der Waals surface area contributed by atoms with Crippen LogP contribution in [0.15, 0.2) is 34.7 Å². The monoisotopic (exact) mass is 444 g/mol. The molecule has 160 valence electrons. The third kappa shape index (κ3) is 6.30. The SMILES string of the molecule is CCCCNc1nnc(SCC(=O)NCc2c(C)nn(Cc3ccccc3)c2C)s1. The summed E-state index contributed by atoms with van der Waals surface area (Å²) in [7, 11) is 0. The van der Waals surface area contributed by atoms with Gasteiger partial charge in [-0.1, -0.05) is 66.8 Å². The van der Waals surface area contributed by atoms with E-state index in [0.29, 0.717) is 12.3 Å². The molecule has 0 atom stereocenters. The molecule has 0 saturated carbocycles. The van der Waals surface area contributed by atoms with Gasteiger partial charge in [-0.15, -0.1) is 10.2 Å². The van der Waals surface area contributed by atoms with Crippen molar-refractivity contribution in [1.29, 1.82) is 0 Å². The highest BCUT2D eigenvalue weighted by Crippen LogP contribution is 2.25. The number of nitrogens with one attached hydrogen (secondary N) is 2. The second-order valence-electron chi connectivity index (χ2n) is 7.01. The number of hydrogen-bond acceptors (Lipinski definition) is 7. The molecule has 0 radical (unpaired) electrons. The zero-order valence-corrected chi connectivity index (χ0v) is 19.3. The quantitative estimate of drug-likeness (QED) is 0.343. The summed E-state index contributed by atoms with van der Waals surface area (Å²) in [6.45, 7) is 8.28. The van der Waals surface area contributed by atoms with Crippen molar-refractivity contribution in [3.8, 4) is 0 Å². The number of amides is 1. The molecule has 0 aliphatic heterocycles. The summed E-state index contributed by atoms with van der Waals surface area (Å²) in [5.41, 5.74) is 4.30. The molecule has 0 saturated heterocycles. The molecular weight excluding hydrogens is 416 g/mol. The Labute approximate surface area is 185 Å². The van der Waals surface area contributed by atoms with E-state index in [1.165, 1.54) is 28.7 Å². The van der Waals surface area contributed by atoms with E-state index in [1.807, 2.05) is 36.7 Å². The van der Waals surface area contributed by atoms with Gasteiger partial charge in [0.05, 0.1) is 18.0 Å². The number of carbonyl (C=O) groups excluding carboxylic acids is 1. The number of benzene rings is 1. The standard InChI is InChI=1S/C21H28N6OS2/c1-4-5-11-22-20-24-25-21(30-20)29-14-19(28)23-12-18-15(2)26-27(16(18)3)13-17-9-7-6-8-10-17/h6-10H,4-5,11-14H2,1-3H3,(H,22,24)(H,23,28). The van der Waals surface area contributed by atoms with Crippen LogP contribution in [0.1, 0.15) is 42.3 Å². The molecule has 9 heteroatoms. The molecule has 0 spiro atoms. The van der Waals surface area contributed by atoms with Crippen LogP contribution in [0.2, 0.25) is 0 Å². The fourth-order valence-corrected chi connectivity index (χ4v) is 4.58. The predicted molar refractivity (Wildman–Crippen MR) is 123 cm³/mol. The molecule has 0 unspecified atom stereocenters. The molecule has 2 aromatic heterocycles. The van der Waals surface area contributed by atoms with Gasteiger partial charge in [0.1, 0.15) is 0 Å². The third-order valence-electron chi connectivity index (χ3n) is 4.71. The lowest BCUT2D eigenvalue weighted by molar-refractivity contribution is -0.118. The van der Waals surface area contributed by atoms with Gasteiger partial charge in [0.15, 0.2) is 4.34 Å². The molecule has 30 heavy (non-hydrogen) atoms. The fourth-order valence-electron chi connectivity index (χ4n) is 2.98. The minimum atomic E-state index is -0.0229. The van der Waals surface area contributed by atoms with Crippen molar-refractivity contribution in [3.63, 3.8) is 0 Å². The first kappa shape index (κ1) is 22.3. The second-order valence-corrected chi connectivity index (χ2v) is 9.21. The van der Waals surface area contributed by atoms with Crippen LogP contribution in [0.25, 0.3) is 0 Å². The Bertz CT molecular complexity index is 954. The van der Waals surface area contributed by atoms with Gasteiger partial charge in [0.2, 0.25) is 11.0 Å². The van der Waals surface area contributed by atoms with Gasteiger partial charge in [0, 0.05) is 24.3 Å². The lowest BCUT2D eigenvalue weighted by Crippen LogP contribution is -2.25. The van der Waals surface area contributed by atoms with Gasteiger partial charge in [-0.25, -0.2) is 0 Å². The summed E-state index contributed by atoms with van der Waals surface area (Å²) in [4.78, 5) is 12.3. The molecule has 3 aromatic rings.